The Morgan fingerprint density at radius 3 is 1.81 bits per heavy atom. The van der Waals surface area contributed by atoms with Crippen molar-refractivity contribution in [2.45, 2.75) is 0 Å². The Hall–Kier alpha value is -1.18. The van der Waals surface area contributed by atoms with Crippen molar-refractivity contribution in [3.63, 3.8) is 0 Å². The van der Waals surface area contributed by atoms with Crippen LogP contribution in [-0.2, 0) is 0 Å². The van der Waals surface area contributed by atoms with Crippen LogP contribution in [-0.4, -0.2) is 4.98 Å². The van der Waals surface area contributed by atoms with Crippen molar-refractivity contribution in [1.29, 1.82) is 5.26 Å². The lowest BCUT2D eigenvalue weighted by Crippen LogP contribution is -1.93. The zero-order valence-electron chi connectivity index (χ0n) is 12.6. The molecule has 8 heteroatoms. The summed E-state index contributed by atoms with van der Waals surface area (Å²) in [4.78, 5) is 4.38. The predicted octanol–water partition coefficient (Wildman–Crippen LogP) is 8.21. The van der Waals surface area contributed by atoms with Gasteiger partial charge in [-0.2, -0.15) is 5.26 Å². The number of pyridine rings is 1. The van der Waals surface area contributed by atoms with Crippen LogP contribution in [0.25, 0.3) is 22.4 Å². The van der Waals surface area contributed by atoms with E-state index >= 15 is 0 Å². The molecule has 0 saturated heterocycles. The molecule has 1 aromatic heterocycles. The van der Waals surface area contributed by atoms with Gasteiger partial charge in [-0.1, -0.05) is 69.6 Å². The first-order chi connectivity index (χ1) is 12.3. The Labute approximate surface area is 179 Å². The zero-order chi connectivity index (χ0) is 19.0. The average molecular weight is 463 g/mol. The van der Waals surface area contributed by atoms with Gasteiger partial charge in [0.25, 0.3) is 0 Å². The van der Waals surface area contributed by atoms with Crippen molar-refractivity contribution in [3.05, 3.63) is 72.2 Å². The van der Waals surface area contributed by atoms with Crippen LogP contribution in [0.4, 0.5) is 0 Å². The largest absolute Gasteiger partial charge is 0.255 e. The third-order valence-electron chi connectivity index (χ3n) is 3.58. The van der Waals surface area contributed by atoms with E-state index in [2.05, 4.69) is 11.1 Å². The summed E-state index contributed by atoms with van der Waals surface area (Å²) in [6.45, 7) is 0. The molecule has 0 fully saturated rings. The molecule has 0 aliphatic carbocycles. The first-order valence-corrected chi connectivity index (χ1v) is 9.28. The maximum absolute atomic E-state index is 9.59. The van der Waals surface area contributed by atoms with E-state index in [-0.39, 0.29) is 10.0 Å². The molecule has 1 heterocycles. The molecular weight excluding hydrogens is 457 g/mol. The molecule has 0 amide bonds. The summed E-state index contributed by atoms with van der Waals surface area (Å²) in [6.07, 6.45) is 1.51. The lowest BCUT2D eigenvalue weighted by atomic mass is 10.00. The summed E-state index contributed by atoms with van der Waals surface area (Å²) in [5, 5.41) is 11.5. The van der Waals surface area contributed by atoms with Gasteiger partial charge in [-0.15, -0.1) is 0 Å². The molecule has 0 aliphatic heterocycles. The van der Waals surface area contributed by atoms with E-state index in [9.17, 15) is 5.26 Å². The van der Waals surface area contributed by atoms with Crippen LogP contribution >= 0.6 is 69.6 Å². The fourth-order valence-electron chi connectivity index (χ4n) is 2.40. The molecule has 0 atom stereocenters. The minimum Gasteiger partial charge on any atom is -0.255 e. The molecule has 0 N–H and O–H groups in total. The highest BCUT2D eigenvalue weighted by molar-refractivity contribution is 6.45. The molecule has 26 heavy (non-hydrogen) atoms. The number of rotatable bonds is 2. The third-order valence-corrected chi connectivity index (χ3v) is 5.62. The fraction of sp³-hybridized carbons (Fsp3) is 0. The normalized spacial score (nSPS) is 10.7. The number of benzene rings is 2. The monoisotopic (exact) mass is 460 g/mol. The molecular formula is C18H6Cl6N2. The van der Waals surface area contributed by atoms with Crippen molar-refractivity contribution in [2.24, 2.45) is 0 Å². The molecule has 0 saturated carbocycles. The van der Waals surface area contributed by atoms with Crippen molar-refractivity contribution in [1.82, 2.24) is 4.98 Å². The maximum atomic E-state index is 9.59. The van der Waals surface area contributed by atoms with E-state index < -0.39 is 0 Å². The van der Waals surface area contributed by atoms with E-state index in [1.807, 2.05) is 0 Å². The van der Waals surface area contributed by atoms with Gasteiger partial charge in [0, 0.05) is 32.9 Å². The van der Waals surface area contributed by atoms with Gasteiger partial charge < -0.3 is 0 Å². The van der Waals surface area contributed by atoms with E-state index in [4.69, 9.17) is 69.6 Å². The number of nitriles is 1. The summed E-state index contributed by atoms with van der Waals surface area (Å²) in [6, 6.07) is 10.0. The molecule has 2 aromatic carbocycles. The second-order valence-corrected chi connectivity index (χ2v) is 7.67. The van der Waals surface area contributed by atoms with Gasteiger partial charge in [0.2, 0.25) is 0 Å². The SMILES string of the molecule is N#Cc1cc(-c2cc(Cl)cc(Cl)c2Cl)ncc1-c1cc(Cl)cc(Cl)c1Cl. The van der Waals surface area contributed by atoms with Crippen LogP contribution in [0.15, 0.2) is 36.5 Å². The van der Waals surface area contributed by atoms with E-state index in [1.165, 1.54) is 18.3 Å². The third kappa shape index (κ3) is 3.75. The van der Waals surface area contributed by atoms with Gasteiger partial charge in [0.1, 0.15) is 0 Å². The predicted molar refractivity (Wildman–Crippen MR) is 110 cm³/mol. The van der Waals surface area contributed by atoms with Crippen LogP contribution in [0.3, 0.4) is 0 Å². The topological polar surface area (TPSA) is 36.7 Å². The Kier molecular flexibility index (Phi) is 5.89. The highest BCUT2D eigenvalue weighted by Crippen LogP contribution is 2.40. The quantitative estimate of drug-likeness (QED) is 0.360. The average Bonchev–Trinajstić information content (AvgIpc) is 2.60. The molecule has 0 unspecified atom stereocenters. The van der Waals surface area contributed by atoms with Crippen LogP contribution in [0.2, 0.25) is 30.1 Å². The molecule has 0 aliphatic rings. The number of nitrogens with zero attached hydrogens (tertiary/aromatic N) is 2. The first-order valence-electron chi connectivity index (χ1n) is 7.01. The minimum atomic E-state index is 0.283. The van der Waals surface area contributed by atoms with Gasteiger partial charge in [-0.05, 0) is 30.3 Å². The lowest BCUT2D eigenvalue weighted by Gasteiger charge is -2.11. The molecule has 0 radical (unpaired) electrons. The lowest BCUT2D eigenvalue weighted by molar-refractivity contribution is 1.31. The maximum Gasteiger partial charge on any atom is 0.0999 e. The number of hydrogen-bond donors (Lipinski definition) is 0. The van der Waals surface area contributed by atoms with Gasteiger partial charge in [-0.25, -0.2) is 0 Å². The van der Waals surface area contributed by atoms with Gasteiger partial charge in [0.05, 0.1) is 37.4 Å². The fourth-order valence-corrected chi connectivity index (χ4v) is 3.81. The zero-order valence-corrected chi connectivity index (χ0v) is 17.2. The van der Waals surface area contributed by atoms with Crippen LogP contribution < -0.4 is 0 Å². The highest BCUT2D eigenvalue weighted by atomic mass is 35.5. The van der Waals surface area contributed by atoms with E-state index in [1.54, 1.807) is 18.2 Å². The second kappa shape index (κ2) is 7.82. The molecule has 3 rings (SSSR count). The van der Waals surface area contributed by atoms with Crippen molar-refractivity contribution < 1.29 is 0 Å². The van der Waals surface area contributed by atoms with Crippen molar-refractivity contribution in [3.8, 4) is 28.5 Å². The van der Waals surface area contributed by atoms with Crippen LogP contribution in [0.5, 0.6) is 0 Å². The van der Waals surface area contributed by atoms with Gasteiger partial charge in [-0.3, -0.25) is 4.98 Å². The smallest absolute Gasteiger partial charge is 0.0999 e. The summed E-state index contributed by atoms with van der Waals surface area (Å²) in [5.74, 6) is 0. The molecule has 130 valence electrons. The van der Waals surface area contributed by atoms with Crippen molar-refractivity contribution >= 4 is 69.6 Å². The summed E-state index contributed by atoms with van der Waals surface area (Å²) in [5.41, 5.74) is 2.29. The molecule has 2 nitrogen and oxygen atoms in total. The summed E-state index contributed by atoms with van der Waals surface area (Å²) >= 11 is 36.8. The summed E-state index contributed by atoms with van der Waals surface area (Å²) < 4.78 is 0. The van der Waals surface area contributed by atoms with E-state index in [0.29, 0.717) is 48.0 Å². The minimum absolute atomic E-state index is 0.283. The second-order valence-electron chi connectivity index (χ2n) is 5.23. The molecule has 0 bridgehead atoms. The highest BCUT2D eigenvalue weighted by Gasteiger charge is 2.17. The Balaban J connectivity index is 2.22. The first kappa shape index (κ1) is 19.6. The molecule has 3 aromatic rings. The van der Waals surface area contributed by atoms with Crippen LogP contribution in [0, 0.1) is 11.3 Å². The number of halogens is 6. The Bertz CT molecular complexity index is 1070. The van der Waals surface area contributed by atoms with Gasteiger partial charge in [0.15, 0.2) is 0 Å². The Morgan fingerprint density at radius 1 is 0.692 bits per heavy atom. The number of hydrogen-bond acceptors (Lipinski definition) is 2. The number of aromatic nitrogens is 1. The standard InChI is InChI=1S/C18H6Cl6N2/c19-9-2-11(17(23)14(21)4-9)13-7-26-16(1-8(13)6-25)12-3-10(20)5-15(22)18(12)24/h1-5,7H. The Morgan fingerprint density at radius 2 is 1.23 bits per heavy atom. The van der Waals surface area contributed by atoms with Crippen LogP contribution in [0.1, 0.15) is 5.56 Å². The molecule has 0 spiro atoms. The summed E-state index contributed by atoms with van der Waals surface area (Å²) in [7, 11) is 0. The van der Waals surface area contributed by atoms with E-state index in [0.717, 1.165) is 0 Å². The van der Waals surface area contributed by atoms with Gasteiger partial charge >= 0.3 is 0 Å². The van der Waals surface area contributed by atoms with Crippen molar-refractivity contribution in [2.75, 3.05) is 0 Å².